The lowest BCUT2D eigenvalue weighted by molar-refractivity contribution is 0.492. The number of hydrogen-bond acceptors (Lipinski definition) is 2. The van der Waals surface area contributed by atoms with E-state index in [0.29, 0.717) is 5.02 Å². The van der Waals surface area contributed by atoms with Gasteiger partial charge in [-0.25, -0.2) is 0 Å². The maximum Gasteiger partial charge on any atom is 0.250 e. The first-order valence-corrected chi connectivity index (χ1v) is 10.8. The van der Waals surface area contributed by atoms with Crippen LogP contribution in [0.2, 0.25) is 23.2 Å². The molecule has 0 aromatic heterocycles. The van der Waals surface area contributed by atoms with Crippen molar-refractivity contribution in [1.29, 1.82) is 0 Å². The number of hydrogen-bond donors (Lipinski definition) is 1. The fourth-order valence-electron chi connectivity index (χ4n) is 1.78. The molecular formula is C18H24ClNOSi. The van der Waals surface area contributed by atoms with Gasteiger partial charge in [0, 0.05) is 11.4 Å². The summed E-state index contributed by atoms with van der Waals surface area (Å²) in [5.41, 5.74) is 2.00. The Morgan fingerprint density at radius 1 is 0.955 bits per heavy atom. The van der Waals surface area contributed by atoms with Gasteiger partial charge in [0.2, 0.25) is 0 Å². The second-order valence-electron chi connectivity index (χ2n) is 7.00. The van der Waals surface area contributed by atoms with Crippen molar-refractivity contribution < 1.29 is 4.43 Å². The number of halogens is 1. The molecule has 0 fully saturated rings. The number of benzene rings is 2. The number of anilines is 2. The highest BCUT2D eigenvalue weighted by Crippen LogP contribution is 2.39. The predicted molar refractivity (Wildman–Crippen MR) is 99.0 cm³/mol. The molecule has 0 heterocycles. The van der Waals surface area contributed by atoms with Gasteiger partial charge in [-0.15, -0.1) is 0 Å². The Bertz CT molecular complexity index is 635. The minimum Gasteiger partial charge on any atom is -0.543 e. The molecule has 0 unspecified atom stereocenters. The van der Waals surface area contributed by atoms with Crippen LogP contribution in [0.3, 0.4) is 0 Å². The molecule has 0 amide bonds. The van der Waals surface area contributed by atoms with Gasteiger partial charge in [0.25, 0.3) is 8.32 Å². The third-order valence-electron chi connectivity index (χ3n) is 4.17. The Hall–Kier alpha value is -1.45. The zero-order valence-electron chi connectivity index (χ0n) is 13.9. The lowest BCUT2D eigenvalue weighted by atomic mass is 10.2. The smallest absolute Gasteiger partial charge is 0.250 e. The summed E-state index contributed by atoms with van der Waals surface area (Å²) in [6.45, 7) is 11.1. The lowest BCUT2D eigenvalue weighted by Crippen LogP contribution is -2.43. The van der Waals surface area contributed by atoms with Crippen LogP contribution in [0, 0.1) is 0 Å². The van der Waals surface area contributed by atoms with Crippen LogP contribution in [0.15, 0.2) is 48.5 Å². The summed E-state index contributed by atoms with van der Waals surface area (Å²) in [5, 5.41) is 4.13. The van der Waals surface area contributed by atoms with E-state index in [-0.39, 0.29) is 5.04 Å². The van der Waals surface area contributed by atoms with Crippen LogP contribution in [0.4, 0.5) is 11.4 Å². The van der Waals surface area contributed by atoms with E-state index < -0.39 is 8.32 Å². The van der Waals surface area contributed by atoms with Crippen LogP contribution < -0.4 is 9.74 Å². The number of nitrogens with one attached hydrogen (secondary N) is 1. The molecule has 22 heavy (non-hydrogen) atoms. The van der Waals surface area contributed by atoms with Crippen LogP contribution in [0.5, 0.6) is 5.75 Å². The zero-order chi connectivity index (χ0) is 16.4. The fraction of sp³-hybridized carbons (Fsp3) is 0.333. The fourth-order valence-corrected chi connectivity index (χ4v) is 3.10. The molecule has 0 aliphatic carbocycles. The average Bonchev–Trinajstić information content (AvgIpc) is 2.42. The molecule has 0 atom stereocenters. The van der Waals surface area contributed by atoms with Crippen molar-refractivity contribution in [1.82, 2.24) is 0 Å². The zero-order valence-corrected chi connectivity index (χ0v) is 15.7. The Labute approximate surface area is 139 Å². The van der Waals surface area contributed by atoms with E-state index in [4.69, 9.17) is 16.0 Å². The first-order valence-electron chi connectivity index (χ1n) is 7.50. The van der Waals surface area contributed by atoms with Crippen molar-refractivity contribution in [2.45, 2.75) is 38.9 Å². The Morgan fingerprint density at radius 2 is 1.59 bits per heavy atom. The largest absolute Gasteiger partial charge is 0.543 e. The molecule has 0 saturated carbocycles. The molecule has 2 nitrogen and oxygen atoms in total. The standard InChI is InChI=1S/C18H24ClNOSi/c1-18(2,3)22(4,5)21-17-12-11-15(13-16(17)19)20-14-9-7-6-8-10-14/h6-13,20H,1-5H3. The maximum atomic E-state index is 6.41. The van der Waals surface area contributed by atoms with Gasteiger partial charge in [-0.1, -0.05) is 50.6 Å². The van der Waals surface area contributed by atoms with Crippen molar-refractivity contribution >= 4 is 31.3 Å². The van der Waals surface area contributed by atoms with Gasteiger partial charge in [-0.2, -0.15) is 0 Å². The van der Waals surface area contributed by atoms with E-state index in [0.717, 1.165) is 17.1 Å². The highest BCUT2D eigenvalue weighted by molar-refractivity contribution is 6.74. The third kappa shape index (κ3) is 4.05. The number of rotatable bonds is 4. The highest BCUT2D eigenvalue weighted by atomic mass is 35.5. The Kier molecular flexibility index (Phi) is 4.88. The van der Waals surface area contributed by atoms with Crippen molar-refractivity contribution in [3.05, 3.63) is 53.6 Å². The summed E-state index contributed by atoms with van der Waals surface area (Å²) in [4.78, 5) is 0. The van der Waals surface area contributed by atoms with Gasteiger partial charge in [0.05, 0.1) is 5.02 Å². The monoisotopic (exact) mass is 333 g/mol. The quantitative estimate of drug-likeness (QED) is 0.647. The molecular weight excluding hydrogens is 310 g/mol. The van der Waals surface area contributed by atoms with E-state index in [1.807, 2.05) is 48.5 Å². The van der Waals surface area contributed by atoms with Gasteiger partial charge < -0.3 is 9.74 Å². The SMILES string of the molecule is CC(C)(C)[Si](C)(C)Oc1ccc(Nc2ccccc2)cc1Cl. The van der Waals surface area contributed by atoms with Crippen molar-refractivity contribution in [2.75, 3.05) is 5.32 Å². The normalized spacial score (nSPS) is 12.1. The van der Waals surface area contributed by atoms with Crippen molar-refractivity contribution in [3.63, 3.8) is 0 Å². The summed E-state index contributed by atoms with van der Waals surface area (Å²) < 4.78 is 6.28. The molecule has 1 N–H and O–H groups in total. The first kappa shape index (κ1) is 16.9. The third-order valence-corrected chi connectivity index (χ3v) is 8.80. The van der Waals surface area contributed by atoms with Gasteiger partial charge in [-0.05, 0) is 48.5 Å². The van der Waals surface area contributed by atoms with Crippen LogP contribution >= 0.6 is 11.6 Å². The highest BCUT2D eigenvalue weighted by Gasteiger charge is 2.39. The second-order valence-corrected chi connectivity index (χ2v) is 12.1. The minimum absolute atomic E-state index is 0.150. The molecule has 0 spiro atoms. The van der Waals surface area contributed by atoms with E-state index in [2.05, 4.69) is 39.2 Å². The van der Waals surface area contributed by atoms with E-state index >= 15 is 0 Å². The molecule has 4 heteroatoms. The molecule has 0 bridgehead atoms. The Balaban J connectivity index is 2.17. The molecule has 0 radical (unpaired) electrons. The average molecular weight is 334 g/mol. The van der Waals surface area contributed by atoms with Gasteiger partial charge in [0.15, 0.2) is 0 Å². The van der Waals surface area contributed by atoms with Crippen LogP contribution in [-0.2, 0) is 0 Å². The first-order chi connectivity index (χ1) is 10.2. The lowest BCUT2D eigenvalue weighted by Gasteiger charge is -2.36. The minimum atomic E-state index is -1.87. The van der Waals surface area contributed by atoms with Gasteiger partial charge >= 0.3 is 0 Å². The van der Waals surface area contributed by atoms with Crippen molar-refractivity contribution in [3.8, 4) is 5.75 Å². The number of para-hydroxylation sites is 1. The maximum absolute atomic E-state index is 6.41. The molecule has 2 rings (SSSR count). The van der Waals surface area contributed by atoms with Gasteiger partial charge in [0.1, 0.15) is 5.75 Å². The van der Waals surface area contributed by atoms with Gasteiger partial charge in [-0.3, -0.25) is 0 Å². The molecule has 0 aliphatic heterocycles. The van der Waals surface area contributed by atoms with E-state index in [9.17, 15) is 0 Å². The second kappa shape index (κ2) is 6.35. The van der Waals surface area contributed by atoms with Crippen LogP contribution in [-0.4, -0.2) is 8.32 Å². The summed E-state index contributed by atoms with van der Waals surface area (Å²) in [6.07, 6.45) is 0. The molecule has 0 aliphatic rings. The molecule has 0 saturated heterocycles. The topological polar surface area (TPSA) is 21.3 Å². The van der Waals surface area contributed by atoms with Crippen LogP contribution in [0.25, 0.3) is 0 Å². The summed E-state index contributed by atoms with van der Waals surface area (Å²) in [6, 6.07) is 15.9. The Morgan fingerprint density at radius 3 is 2.14 bits per heavy atom. The predicted octanol–water partition coefficient (Wildman–Crippen LogP) is 6.47. The molecule has 118 valence electrons. The van der Waals surface area contributed by atoms with Crippen molar-refractivity contribution in [2.24, 2.45) is 0 Å². The summed E-state index contributed by atoms with van der Waals surface area (Å²) in [7, 11) is -1.87. The summed E-state index contributed by atoms with van der Waals surface area (Å²) >= 11 is 6.41. The van der Waals surface area contributed by atoms with E-state index in [1.54, 1.807) is 0 Å². The van der Waals surface area contributed by atoms with Crippen LogP contribution in [0.1, 0.15) is 20.8 Å². The molecule has 2 aromatic rings. The summed E-state index contributed by atoms with van der Waals surface area (Å²) in [5.74, 6) is 0.770. The molecule has 2 aromatic carbocycles. The van der Waals surface area contributed by atoms with E-state index in [1.165, 1.54) is 0 Å².